The molecule has 0 spiro atoms. The van der Waals surface area contributed by atoms with E-state index in [2.05, 4.69) is 40.5 Å². The van der Waals surface area contributed by atoms with Crippen LogP contribution >= 0.6 is 34.3 Å². The molecule has 0 bridgehead atoms. The summed E-state index contributed by atoms with van der Waals surface area (Å²) in [6.45, 7) is 0.894. The van der Waals surface area contributed by atoms with E-state index >= 15 is 0 Å². The highest BCUT2D eigenvalue weighted by atomic mass is 35.5. The molecule has 0 saturated heterocycles. The molecule has 0 radical (unpaired) electrons. The monoisotopic (exact) mass is 266 g/mol. The second kappa shape index (κ2) is 4.17. The maximum absolute atomic E-state index is 5.92. The molecule has 4 heteroatoms. The Labute approximate surface area is 107 Å². The van der Waals surface area contributed by atoms with Crippen molar-refractivity contribution < 1.29 is 4.57 Å². The van der Waals surface area contributed by atoms with E-state index in [0.29, 0.717) is 0 Å². The molecule has 0 aliphatic rings. The number of rotatable bonds is 2. The summed E-state index contributed by atoms with van der Waals surface area (Å²) in [5.74, 6) is 0. The third-order valence-corrected chi connectivity index (χ3v) is 4.51. The largest absolute Gasteiger partial charge is 0.199 e. The normalized spacial score (nSPS) is 11.1. The van der Waals surface area contributed by atoms with Crippen molar-refractivity contribution in [2.75, 3.05) is 0 Å². The van der Waals surface area contributed by atoms with Gasteiger partial charge >= 0.3 is 0 Å². The van der Waals surface area contributed by atoms with Crippen LogP contribution in [0.1, 0.15) is 4.88 Å². The molecule has 0 unspecified atom stereocenters. The molecular weight excluding hydrogens is 258 g/mol. The fourth-order valence-corrected chi connectivity index (χ4v) is 3.58. The van der Waals surface area contributed by atoms with Crippen molar-refractivity contribution >= 4 is 44.4 Å². The molecule has 0 aliphatic carbocycles. The van der Waals surface area contributed by atoms with E-state index in [4.69, 9.17) is 11.6 Å². The predicted molar refractivity (Wildman–Crippen MR) is 70.5 cm³/mol. The topological polar surface area (TPSA) is 3.88 Å². The Balaban J connectivity index is 1.94. The van der Waals surface area contributed by atoms with Gasteiger partial charge in [-0.2, -0.15) is 4.57 Å². The number of halogens is 1. The molecule has 0 aliphatic heterocycles. The SMILES string of the molecule is Clc1ccc(C[n+]2ccc3ccsc3c2)s1. The fraction of sp³-hybridized carbons (Fsp3) is 0.0833. The zero-order valence-corrected chi connectivity index (χ0v) is 10.8. The van der Waals surface area contributed by atoms with Gasteiger partial charge in [0.25, 0.3) is 0 Å². The van der Waals surface area contributed by atoms with Gasteiger partial charge in [-0.25, -0.2) is 0 Å². The highest BCUT2D eigenvalue weighted by molar-refractivity contribution is 7.17. The Morgan fingerprint density at radius 1 is 1.19 bits per heavy atom. The molecule has 0 fully saturated rings. The number of fused-ring (bicyclic) bond motifs is 1. The Hall–Kier alpha value is -0.900. The van der Waals surface area contributed by atoms with Gasteiger partial charge < -0.3 is 0 Å². The van der Waals surface area contributed by atoms with E-state index in [-0.39, 0.29) is 0 Å². The smallest absolute Gasteiger partial charge is 0.187 e. The zero-order chi connectivity index (χ0) is 11.0. The van der Waals surface area contributed by atoms with Crippen LogP contribution in [0.5, 0.6) is 0 Å². The molecule has 0 N–H and O–H groups in total. The van der Waals surface area contributed by atoms with Crippen molar-refractivity contribution in [3.8, 4) is 0 Å². The summed E-state index contributed by atoms with van der Waals surface area (Å²) in [4.78, 5) is 1.28. The van der Waals surface area contributed by atoms with Crippen molar-refractivity contribution in [1.82, 2.24) is 0 Å². The second-order valence-corrected chi connectivity index (χ2v) is 6.31. The van der Waals surface area contributed by atoms with Crippen molar-refractivity contribution in [2.24, 2.45) is 0 Å². The van der Waals surface area contributed by atoms with E-state index in [0.717, 1.165) is 10.9 Å². The van der Waals surface area contributed by atoms with Gasteiger partial charge in [0.15, 0.2) is 18.9 Å². The molecule has 1 nitrogen and oxygen atoms in total. The first-order valence-electron chi connectivity index (χ1n) is 4.92. The van der Waals surface area contributed by atoms with Gasteiger partial charge in [-0.05, 0) is 23.6 Å². The van der Waals surface area contributed by atoms with Gasteiger partial charge in [0.1, 0.15) is 0 Å². The summed E-state index contributed by atoms with van der Waals surface area (Å²) in [7, 11) is 0. The number of hydrogen-bond donors (Lipinski definition) is 0. The third kappa shape index (κ3) is 1.98. The zero-order valence-electron chi connectivity index (χ0n) is 8.39. The van der Waals surface area contributed by atoms with Crippen LogP contribution < -0.4 is 4.57 Å². The summed E-state index contributed by atoms with van der Waals surface area (Å²) < 4.78 is 4.37. The number of hydrogen-bond acceptors (Lipinski definition) is 2. The molecule has 0 atom stereocenters. The van der Waals surface area contributed by atoms with Crippen LogP contribution in [-0.2, 0) is 6.54 Å². The Bertz CT molecular complexity index is 627. The average Bonchev–Trinajstić information content (AvgIpc) is 2.87. The average molecular weight is 267 g/mol. The summed E-state index contributed by atoms with van der Waals surface area (Å²) in [5.41, 5.74) is 0. The van der Waals surface area contributed by atoms with E-state index < -0.39 is 0 Å². The lowest BCUT2D eigenvalue weighted by Crippen LogP contribution is -2.32. The molecule has 16 heavy (non-hydrogen) atoms. The minimum Gasteiger partial charge on any atom is -0.199 e. The van der Waals surface area contributed by atoms with Crippen LogP contribution in [0.4, 0.5) is 0 Å². The maximum atomic E-state index is 5.92. The first-order chi connectivity index (χ1) is 7.81. The van der Waals surface area contributed by atoms with Gasteiger partial charge in [-0.1, -0.05) is 11.6 Å². The van der Waals surface area contributed by atoms with Gasteiger partial charge in [0, 0.05) is 11.5 Å². The minimum absolute atomic E-state index is 0.854. The van der Waals surface area contributed by atoms with E-state index in [1.807, 2.05) is 6.07 Å². The Kier molecular flexibility index (Phi) is 2.67. The first kappa shape index (κ1) is 10.3. The summed E-state index contributed by atoms with van der Waals surface area (Å²) >= 11 is 9.33. The summed E-state index contributed by atoms with van der Waals surface area (Å²) in [5, 5.41) is 3.43. The van der Waals surface area contributed by atoms with E-state index in [9.17, 15) is 0 Å². The van der Waals surface area contributed by atoms with Crippen molar-refractivity contribution in [1.29, 1.82) is 0 Å². The van der Waals surface area contributed by atoms with Crippen molar-refractivity contribution in [3.63, 3.8) is 0 Å². The van der Waals surface area contributed by atoms with Gasteiger partial charge in [0.05, 0.1) is 13.9 Å². The highest BCUT2D eigenvalue weighted by Gasteiger charge is 2.07. The molecule has 3 heterocycles. The van der Waals surface area contributed by atoms with Crippen LogP contribution in [0.15, 0.2) is 42.0 Å². The van der Waals surface area contributed by atoms with Crippen molar-refractivity contribution in [3.05, 3.63) is 51.3 Å². The fourth-order valence-electron chi connectivity index (χ4n) is 1.66. The number of thiophene rings is 2. The van der Waals surface area contributed by atoms with E-state index in [1.54, 1.807) is 22.7 Å². The number of aromatic nitrogens is 1. The predicted octanol–water partition coefficient (Wildman–Crippen LogP) is 3.95. The van der Waals surface area contributed by atoms with Gasteiger partial charge in [-0.15, -0.1) is 22.7 Å². The van der Waals surface area contributed by atoms with Crippen LogP contribution in [0, 0.1) is 0 Å². The van der Waals surface area contributed by atoms with Crippen LogP contribution in [-0.4, -0.2) is 0 Å². The molecule has 3 rings (SSSR count). The molecule has 3 aromatic heterocycles. The van der Waals surface area contributed by atoms with Crippen molar-refractivity contribution in [2.45, 2.75) is 6.54 Å². The quantitative estimate of drug-likeness (QED) is 0.619. The Morgan fingerprint density at radius 2 is 2.12 bits per heavy atom. The van der Waals surface area contributed by atoms with Crippen LogP contribution in [0.25, 0.3) is 10.1 Å². The summed E-state index contributed by atoms with van der Waals surface area (Å²) in [6.07, 6.45) is 4.30. The van der Waals surface area contributed by atoms with Gasteiger partial charge in [-0.3, -0.25) is 0 Å². The van der Waals surface area contributed by atoms with Gasteiger partial charge in [0.2, 0.25) is 0 Å². The number of nitrogens with zero attached hydrogens (tertiary/aromatic N) is 1. The number of pyridine rings is 1. The molecule has 3 aromatic rings. The third-order valence-electron chi connectivity index (χ3n) is 2.42. The maximum Gasteiger partial charge on any atom is 0.187 e. The van der Waals surface area contributed by atoms with E-state index in [1.165, 1.54) is 15.0 Å². The molecule has 0 amide bonds. The summed E-state index contributed by atoms with van der Waals surface area (Å²) in [6, 6.07) is 8.33. The Morgan fingerprint density at radius 3 is 2.94 bits per heavy atom. The molecular formula is C12H9ClNS2+. The second-order valence-electron chi connectivity index (χ2n) is 3.56. The lowest BCUT2D eigenvalue weighted by molar-refractivity contribution is -0.686. The lowest BCUT2D eigenvalue weighted by Gasteiger charge is -1.94. The lowest BCUT2D eigenvalue weighted by atomic mass is 10.3. The molecule has 0 aromatic carbocycles. The van der Waals surface area contributed by atoms with Crippen LogP contribution in [0.2, 0.25) is 4.34 Å². The minimum atomic E-state index is 0.854. The first-order valence-corrected chi connectivity index (χ1v) is 6.99. The standard InChI is InChI=1S/C12H9ClNS2/c13-12-2-1-10(16-12)7-14-5-3-9-4-6-15-11(9)8-14/h1-6,8H,7H2/q+1. The molecule has 80 valence electrons. The van der Waals surface area contributed by atoms with Crippen LogP contribution in [0.3, 0.4) is 0 Å². The highest BCUT2D eigenvalue weighted by Crippen LogP contribution is 2.22. The molecule has 0 saturated carbocycles.